The van der Waals surface area contributed by atoms with Crippen LogP contribution in [-0.4, -0.2) is 41.7 Å². The maximum Gasteiger partial charge on any atom is 0.0703 e. The SMILES string of the molecule is Cc1cc(Br)cnc1C1=CCN([C@H]2CCO[C@H]2C)CC1. The number of hydrogen-bond donors (Lipinski definition) is 0. The lowest BCUT2D eigenvalue weighted by molar-refractivity contribution is 0.0782. The highest BCUT2D eigenvalue weighted by atomic mass is 79.9. The molecule has 2 aliphatic heterocycles. The molecule has 0 N–H and O–H groups in total. The van der Waals surface area contributed by atoms with E-state index in [9.17, 15) is 0 Å². The Balaban J connectivity index is 1.73. The maximum absolute atomic E-state index is 5.68. The fourth-order valence-corrected chi connectivity index (χ4v) is 3.72. The third-order valence-electron chi connectivity index (χ3n) is 4.39. The minimum atomic E-state index is 0.373. The van der Waals surface area contributed by atoms with E-state index in [2.05, 4.69) is 51.8 Å². The van der Waals surface area contributed by atoms with Crippen molar-refractivity contribution < 1.29 is 4.74 Å². The minimum Gasteiger partial charge on any atom is -0.377 e. The fraction of sp³-hybridized carbons (Fsp3) is 0.562. The lowest BCUT2D eigenvalue weighted by Crippen LogP contribution is -2.42. The Kier molecular flexibility index (Phi) is 4.24. The second kappa shape index (κ2) is 5.96. The van der Waals surface area contributed by atoms with Gasteiger partial charge in [-0.05, 0) is 59.8 Å². The van der Waals surface area contributed by atoms with Crippen LogP contribution >= 0.6 is 15.9 Å². The molecule has 1 aromatic rings. The summed E-state index contributed by atoms with van der Waals surface area (Å²) < 4.78 is 6.73. The first-order valence-corrected chi connectivity index (χ1v) is 8.11. The third kappa shape index (κ3) is 2.83. The lowest BCUT2D eigenvalue weighted by Gasteiger charge is -2.33. The van der Waals surface area contributed by atoms with E-state index in [1.54, 1.807) is 0 Å². The molecular formula is C16H21BrN2O. The van der Waals surface area contributed by atoms with Gasteiger partial charge >= 0.3 is 0 Å². The van der Waals surface area contributed by atoms with Gasteiger partial charge in [0.05, 0.1) is 11.8 Å². The van der Waals surface area contributed by atoms with E-state index in [0.29, 0.717) is 12.1 Å². The Labute approximate surface area is 129 Å². The second-order valence-corrected chi connectivity index (χ2v) is 6.64. The van der Waals surface area contributed by atoms with Gasteiger partial charge in [-0.3, -0.25) is 9.88 Å². The molecule has 20 heavy (non-hydrogen) atoms. The van der Waals surface area contributed by atoms with Crippen LogP contribution in [0.2, 0.25) is 0 Å². The summed E-state index contributed by atoms with van der Waals surface area (Å²) in [5, 5.41) is 0. The van der Waals surface area contributed by atoms with Crippen LogP contribution in [-0.2, 0) is 4.74 Å². The smallest absolute Gasteiger partial charge is 0.0703 e. The summed E-state index contributed by atoms with van der Waals surface area (Å²) in [5.41, 5.74) is 3.79. The molecule has 4 heteroatoms. The summed E-state index contributed by atoms with van der Waals surface area (Å²) in [4.78, 5) is 7.13. The predicted octanol–water partition coefficient (Wildman–Crippen LogP) is 3.42. The van der Waals surface area contributed by atoms with E-state index in [1.165, 1.54) is 17.6 Å². The van der Waals surface area contributed by atoms with Gasteiger partial charge in [0.25, 0.3) is 0 Å². The average molecular weight is 337 g/mol. The monoisotopic (exact) mass is 336 g/mol. The Hall–Kier alpha value is -0.710. The second-order valence-electron chi connectivity index (χ2n) is 5.73. The fourth-order valence-electron chi connectivity index (χ4n) is 3.28. The zero-order valence-corrected chi connectivity index (χ0v) is 13.7. The van der Waals surface area contributed by atoms with Crippen LogP contribution in [0, 0.1) is 6.92 Å². The van der Waals surface area contributed by atoms with Crippen LogP contribution < -0.4 is 0 Å². The molecule has 108 valence electrons. The molecule has 0 unspecified atom stereocenters. The number of pyridine rings is 1. The summed E-state index contributed by atoms with van der Waals surface area (Å²) in [7, 11) is 0. The third-order valence-corrected chi connectivity index (χ3v) is 4.83. The molecular weight excluding hydrogens is 316 g/mol. The van der Waals surface area contributed by atoms with Gasteiger partial charge in [0, 0.05) is 36.4 Å². The quantitative estimate of drug-likeness (QED) is 0.827. The van der Waals surface area contributed by atoms with E-state index in [1.807, 2.05) is 6.20 Å². The summed E-state index contributed by atoms with van der Waals surface area (Å²) >= 11 is 3.48. The Morgan fingerprint density at radius 1 is 1.45 bits per heavy atom. The molecule has 0 bridgehead atoms. The lowest BCUT2D eigenvalue weighted by atomic mass is 9.98. The molecule has 2 atom stereocenters. The van der Waals surface area contributed by atoms with Crippen LogP contribution in [0.4, 0.5) is 0 Å². The molecule has 0 aliphatic carbocycles. The molecule has 1 aromatic heterocycles. The van der Waals surface area contributed by atoms with Crippen LogP contribution in [0.15, 0.2) is 22.8 Å². The zero-order chi connectivity index (χ0) is 14.1. The first-order valence-electron chi connectivity index (χ1n) is 7.32. The van der Waals surface area contributed by atoms with Gasteiger partial charge in [0.2, 0.25) is 0 Å². The van der Waals surface area contributed by atoms with Gasteiger partial charge in [-0.1, -0.05) is 6.08 Å². The topological polar surface area (TPSA) is 25.4 Å². The molecule has 1 fully saturated rings. The molecule has 1 saturated heterocycles. The van der Waals surface area contributed by atoms with Gasteiger partial charge in [0.15, 0.2) is 0 Å². The van der Waals surface area contributed by atoms with E-state index in [-0.39, 0.29) is 0 Å². The highest BCUT2D eigenvalue weighted by molar-refractivity contribution is 9.10. The van der Waals surface area contributed by atoms with E-state index in [4.69, 9.17) is 4.74 Å². The standard InChI is InChI=1S/C16H21BrN2O/c1-11-9-14(17)10-18-16(11)13-3-6-19(7-4-13)15-5-8-20-12(15)2/h3,9-10,12,15H,4-8H2,1-2H3/t12-,15-/m0/s1. The van der Waals surface area contributed by atoms with Gasteiger partial charge in [-0.25, -0.2) is 0 Å². The van der Waals surface area contributed by atoms with Gasteiger partial charge in [-0.2, -0.15) is 0 Å². The van der Waals surface area contributed by atoms with Crippen LogP contribution in [0.1, 0.15) is 31.0 Å². The van der Waals surface area contributed by atoms with Crippen molar-refractivity contribution in [3.05, 3.63) is 34.1 Å². The highest BCUT2D eigenvalue weighted by Gasteiger charge is 2.30. The molecule has 3 rings (SSSR count). The Morgan fingerprint density at radius 2 is 2.30 bits per heavy atom. The van der Waals surface area contributed by atoms with Crippen molar-refractivity contribution in [2.75, 3.05) is 19.7 Å². The number of ether oxygens (including phenoxy) is 1. The molecule has 0 saturated carbocycles. The molecule has 0 aromatic carbocycles. The summed E-state index contributed by atoms with van der Waals surface area (Å²) in [6.07, 6.45) is 6.86. The Bertz CT molecular complexity index is 529. The number of rotatable bonds is 2. The molecule has 0 spiro atoms. The summed E-state index contributed by atoms with van der Waals surface area (Å²) in [6.45, 7) is 7.36. The van der Waals surface area contributed by atoms with Crippen molar-refractivity contribution in [2.24, 2.45) is 0 Å². The molecule has 3 heterocycles. The number of hydrogen-bond acceptors (Lipinski definition) is 3. The van der Waals surface area contributed by atoms with Crippen molar-refractivity contribution in [1.82, 2.24) is 9.88 Å². The predicted molar refractivity (Wildman–Crippen MR) is 84.7 cm³/mol. The molecule has 0 amide bonds. The average Bonchev–Trinajstić information content (AvgIpc) is 2.85. The van der Waals surface area contributed by atoms with Gasteiger partial charge in [0.1, 0.15) is 0 Å². The van der Waals surface area contributed by atoms with Crippen molar-refractivity contribution in [2.45, 2.75) is 38.8 Å². The largest absolute Gasteiger partial charge is 0.377 e. The number of aromatic nitrogens is 1. The van der Waals surface area contributed by atoms with Crippen molar-refractivity contribution >= 4 is 21.5 Å². The van der Waals surface area contributed by atoms with Crippen molar-refractivity contribution in [3.63, 3.8) is 0 Å². The number of halogens is 1. The molecule has 0 radical (unpaired) electrons. The van der Waals surface area contributed by atoms with E-state index in [0.717, 1.165) is 36.3 Å². The zero-order valence-electron chi connectivity index (χ0n) is 12.1. The van der Waals surface area contributed by atoms with Gasteiger partial charge < -0.3 is 4.74 Å². The normalized spacial score (nSPS) is 27.6. The number of aryl methyl sites for hydroxylation is 1. The first kappa shape index (κ1) is 14.2. The van der Waals surface area contributed by atoms with Crippen molar-refractivity contribution in [1.29, 1.82) is 0 Å². The van der Waals surface area contributed by atoms with Gasteiger partial charge in [-0.15, -0.1) is 0 Å². The maximum atomic E-state index is 5.68. The molecule has 3 nitrogen and oxygen atoms in total. The minimum absolute atomic E-state index is 0.373. The van der Waals surface area contributed by atoms with Crippen LogP contribution in [0.5, 0.6) is 0 Å². The highest BCUT2D eigenvalue weighted by Crippen LogP contribution is 2.28. The van der Waals surface area contributed by atoms with Crippen molar-refractivity contribution in [3.8, 4) is 0 Å². The van der Waals surface area contributed by atoms with Crippen LogP contribution in [0.3, 0.4) is 0 Å². The summed E-state index contributed by atoms with van der Waals surface area (Å²) in [6, 6.07) is 2.73. The van der Waals surface area contributed by atoms with E-state index >= 15 is 0 Å². The summed E-state index contributed by atoms with van der Waals surface area (Å²) in [5.74, 6) is 0. The Morgan fingerprint density at radius 3 is 2.90 bits per heavy atom. The van der Waals surface area contributed by atoms with Crippen LogP contribution in [0.25, 0.3) is 5.57 Å². The van der Waals surface area contributed by atoms with E-state index < -0.39 is 0 Å². The first-order chi connectivity index (χ1) is 9.65. The number of nitrogens with zero attached hydrogens (tertiary/aromatic N) is 2. The molecule has 2 aliphatic rings.